The van der Waals surface area contributed by atoms with Gasteiger partial charge in [-0.3, -0.25) is 4.98 Å². The normalized spacial score (nSPS) is 10.4. The number of aromatic nitrogens is 1. The topological polar surface area (TPSA) is 39.2 Å². The number of aryl methyl sites for hydroxylation is 3. The molecule has 0 spiro atoms. The Bertz CT molecular complexity index is 647. The highest BCUT2D eigenvalue weighted by Crippen LogP contribution is 2.22. The van der Waals surface area contributed by atoms with Gasteiger partial charge in [-0.15, -0.1) is 0 Å². The van der Waals surface area contributed by atoms with Gasteiger partial charge in [-0.1, -0.05) is 12.1 Å². The van der Waals surface area contributed by atoms with E-state index >= 15 is 0 Å². The largest absolute Gasteiger partial charge is 0.462 e. The molecule has 0 aliphatic rings. The number of ether oxygens (including phenoxy) is 1. The summed E-state index contributed by atoms with van der Waals surface area (Å²) in [5, 5.41) is 0. The van der Waals surface area contributed by atoms with E-state index in [0.717, 1.165) is 11.3 Å². The van der Waals surface area contributed by atoms with Crippen LogP contribution in [0.2, 0.25) is 0 Å². The fraction of sp³-hybridized carbons (Fsp3) is 0.294. The highest BCUT2D eigenvalue weighted by atomic mass is 16.5. The Morgan fingerprint density at radius 3 is 2.45 bits per heavy atom. The minimum Gasteiger partial charge on any atom is -0.462 e. The predicted molar refractivity (Wildman–Crippen MR) is 79.8 cm³/mol. The zero-order valence-electron chi connectivity index (χ0n) is 12.4. The van der Waals surface area contributed by atoms with Crippen LogP contribution < -0.4 is 0 Å². The van der Waals surface area contributed by atoms with Gasteiger partial charge in [0.15, 0.2) is 0 Å². The number of benzene rings is 1. The monoisotopic (exact) mass is 269 g/mol. The molecule has 0 saturated heterocycles. The third kappa shape index (κ3) is 2.87. The van der Waals surface area contributed by atoms with Crippen LogP contribution in [0, 0.1) is 20.8 Å². The van der Waals surface area contributed by atoms with Crippen LogP contribution in [-0.2, 0) is 4.74 Å². The number of hydrogen-bond donors (Lipinski definition) is 0. The lowest BCUT2D eigenvalue weighted by Crippen LogP contribution is -2.08. The van der Waals surface area contributed by atoms with Crippen molar-refractivity contribution < 1.29 is 9.53 Å². The first-order valence-corrected chi connectivity index (χ1v) is 6.75. The van der Waals surface area contributed by atoms with Gasteiger partial charge in [-0.05, 0) is 57.0 Å². The standard InChI is InChI=1S/C17H19NO2/c1-5-20-17(19)15-8-9-16(18-13(15)4)14-7-6-11(2)12(3)10-14/h6-10H,5H2,1-4H3. The van der Waals surface area contributed by atoms with Crippen LogP contribution in [0.3, 0.4) is 0 Å². The van der Waals surface area contributed by atoms with Crippen LogP contribution in [0.4, 0.5) is 0 Å². The molecule has 3 heteroatoms. The molecule has 0 atom stereocenters. The molecular weight excluding hydrogens is 250 g/mol. The number of nitrogens with zero attached hydrogens (tertiary/aromatic N) is 1. The second kappa shape index (κ2) is 5.87. The lowest BCUT2D eigenvalue weighted by molar-refractivity contribution is 0.0525. The van der Waals surface area contributed by atoms with Crippen molar-refractivity contribution in [3.05, 3.63) is 52.7 Å². The van der Waals surface area contributed by atoms with Crippen molar-refractivity contribution in [2.24, 2.45) is 0 Å². The van der Waals surface area contributed by atoms with E-state index in [-0.39, 0.29) is 5.97 Å². The molecule has 0 fully saturated rings. The maximum absolute atomic E-state index is 11.7. The molecule has 0 saturated carbocycles. The maximum atomic E-state index is 11.7. The Hall–Kier alpha value is -2.16. The van der Waals surface area contributed by atoms with Crippen molar-refractivity contribution in [3.8, 4) is 11.3 Å². The molecule has 1 heterocycles. The third-order valence-corrected chi connectivity index (χ3v) is 3.38. The zero-order valence-corrected chi connectivity index (χ0v) is 12.4. The number of carbonyl (C=O) groups excluding carboxylic acids is 1. The van der Waals surface area contributed by atoms with Gasteiger partial charge in [0.25, 0.3) is 0 Å². The van der Waals surface area contributed by atoms with Crippen LogP contribution >= 0.6 is 0 Å². The Kier molecular flexibility index (Phi) is 4.18. The molecule has 2 rings (SSSR count). The van der Waals surface area contributed by atoms with E-state index in [1.807, 2.05) is 19.1 Å². The number of rotatable bonds is 3. The second-order valence-corrected chi connectivity index (χ2v) is 4.85. The number of hydrogen-bond acceptors (Lipinski definition) is 3. The van der Waals surface area contributed by atoms with E-state index in [9.17, 15) is 4.79 Å². The van der Waals surface area contributed by atoms with E-state index in [1.54, 1.807) is 13.0 Å². The van der Waals surface area contributed by atoms with Gasteiger partial charge in [0, 0.05) is 5.56 Å². The molecule has 0 bridgehead atoms. The van der Waals surface area contributed by atoms with Gasteiger partial charge < -0.3 is 4.74 Å². The minimum absolute atomic E-state index is 0.316. The average Bonchev–Trinajstić information content (AvgIpc) is 2.42. The molecule has 104 valence electrons. The molecule has 2 aromatic rings. The average molecular weight is 269 g/mol. The SMILES string of the molecule is CCOC(=O)c1ccc(-c2ccc(C)c(C)c2)nc1C. The molecule has 0 unspecified atom stereocenters. The molecule has 0 amide bonds. The van der Waals surface area contributed by atoms with Crippen LogP contribution in [0.1, 0.15) is 34.1 Å². The smallest absolute Gasteiger partial charge is 0.339 e. The second-order valence-electron chi connectivity index (χ2n) is 4.85. The summed E-state index contributed by atoms with van der Waals surface area (Å²) < 4.78 is 5.01. The van der Waals surface area contributed by atoms with Crippen molar-refractivity contribution in [2.45, 2.75) is 27.7 Å². The Labute approximate surface area is 119 Å². The molecule has 1 aromatic heterocycles. The fourth-order valence-electron chi connectivity index (χ4n) is 2.05. The fourth-order valence-corrected chi connectivity index (χ4v) is 2.05. The van der Waals surface area contributed by atoms with Gasteiger partial charge in [0.1, 0.15) is 0 Å². The predicted octanol–water partition coefficient (Wildman–Crippen LogP) is 3.85. The molecule has 0 N–H and O–H groups in total. The molecule has 0 aliphatic heterocycles. The van der Waals surface area contributed by atoms with E-state index in [4.69, 9.17) is 4.74 Å². The number of pyridine rings is 1. The molecule has 1 aromatic carbocycles. The molecular formula is C17H19NO2. The van der Waals surface area contributed by atoms with E-state index in [2.05, 4.69) is 31.0 Å². The first kappa shape index (κ1) is 14.3. The highest BCUT2D eigenvalue weighted by Gasteiger charge is 2.12. The first-order valence-electron chi connectivity index (χ1n) is 6.75. The summed E-state index contributed by atoms with van der Waals surface area (Å²) in [5.41, 5.74) is 5.65. The van der Waals surface area contributed by atoms with Gasteiger partial charge in [-0.2, -0.15) is 0 Å². The summed E-state index contributed by atoms with van der Waals surface area (Å²) >= 11 is 0. The summed E-state index contributed by atoms with van der Waals surface area (Å²) in [5.74, 6) is -0.316. The summed E-state index contributed by atoms with van der Waals surface area (Å²) in [7, 11) is 0. The molecule has 3 nitrogen and oxygen atoms in total. The number of esters is 1. The number of carbonyl (C=O) groups is 1. The molecule has 0 aliphatic carbocycles. The van der Waals surface area contributed by atoms with Crippen molar-refractivity contribution >= 4 is 5.97 Å². The summed E-state index contributed by atoms with van der Waals surface area (Å²) in [4.78, 5) is 16.3. The lowest BCUT2D eigenvalue weighted by atomic mass is 10.0. The van der Waals surface area contributed by atoms with Crippen molar-refractivity contribution in [1.29, 1.82) is 0 Å². The van der Waals surface area contributed by atoms with E-state index in [0.29, 0.717) is 17.9 Å². The maximum Gasteiger partial charge on any atom is 0.339 e. The minimum atomic E-state index is -0.316. The van der Waals surface area contributed by atoms with Crippen LogP contribution in [0.15, 0.2) is 30.3 Å². The van der Waals surface area contributed by atoms with Crippen LogP contribution in [-0.4, -0.2) is 17.6 Å². The Morgan fingerprint density at radius 1 is 1.10 bits per heavy atom. The Balaban J connectivity index is 2.37. The Morgan fingerprint density at radius 2 is 1.85 bits per heavy atom. The van der Waals surface area contributed by atoms with Crippen LogP contribution in [0.25, 0.3) is 11.3 Å². The molecule has 20 heavy (non-hydrogen) atoms. The van der Waals surface area contributed by atoms with Crippen molar-refractivity contribution in [2.75, 3.05) is 6.61 Å². The van der Waals surface area contributed by atoms with Crippen LogP contribution in [0.5, 0.6) is 0 Å². The van der Waals surface area contributed by atoms with E-state index < -0.39 is 0 Å². The van der Waals surface area contributed by atoms with E-state index in [1.165, 1.54) is 11.1 Å². The van der Waals surface area contributed by atoms with Gasteiger partial charge >= 0.3 is 5.97 Å². The molecule has 0 radical (unpaired) electrons. The first-order chi connectivity index (χ1) is 9.52. The third-order valence-electron chi connectivity index (χ3n) is 3.38. The van der Waals surface area contributed by atoms with Crippen molar-refractivity contribution in [3.63, 3.8) is 0 Å². The summed E-state index contributed by atoms with van der Waals surface area (Å²) in [6.07, 6.45) is 0. The van der Waals surface area contributed by atoms with Crippen molar-refractivity contribution in [1.82, 2.24) is 4.98 Å². The van der Waals surface area contributed by atoms with Gasteiger partial charge in [0.2, 0.25) is 0 Å². The summed E-state index contributed by atoms with van der Waals surface area (Å²) in [6, 6.07) is 9.89. The zero-order chi connectivity index (χ0) is 14.7. The summed E-state index contributed by atoms with van der Waals surface area (Å²) in [6.45, 7) is 8.17. The highest BCUT2D eigenvalue weighted by molar-refractivity contribution is 5.90. The quantitative estimate of drug-likeness (QED) is 0.794. The van der Waals surface area contributed by atoms with Gasteiger partial charge in [-0.25, -0.2) is 4.79 Å². The lowest BCUT2D eigenvalue weighted by Gasteiger charge is -2.08. The van der Waals surface area contributed by atoms with Gasteiger partial charge in [0.05, 0.1) is 23.6 Å².